The van der Waals surface area contributed by atoms with Crippen molar-refractivity contribution in [2.75, 3.05) is 19.6 Å². The van der Waals surface area contributed by atoms with Gasteiger partial charge in [-0.05, 0) is 37.2 Å². The molecule has 1 saturated heterocycles. The summed E-state index contributed by atoms with van der Waals surface area (Å²) >= 11 is 0. The topological polar surface area (TPSA) is 50.2 Å². The first-order valence-corrected chi connectivity index (χ1v) is 9.72. The summed E-state index contributed by atoms with van der Waals surface area (Å²) in [7, 11) is 1.95. The van der Waals surface area contributed by atoms with Crippen molar-refractivity contribution in [3.63, 3.8) is 0 Å². The lowest BCUT2D eigenvalue weighted by molar-refractivity contribution is -0.136. The second kappa shape index (κ2) is 8.09. The van der Waals surface area contributed by atoms with Crippen LogP contribution in [0, 0.1) is 11.8 Å². The molecule has 2 heterocycles. The van der Waals surface area contributed by atoms with Crippen molar-refractivity contribution >= 4 is 18.3 Å². The highest BCUT2D eigenvalue weighted by Gasteiger charge is 2.42. The first-order valence-electron chi connectivity index (χ1n) is 9.72. The number of nitrogens with zero attached hydrogens (tertiary/aromatic N) is 3. The number of carbonyl (C=O) groups is 1. The molecule has 140 valence electrons. The summed E-state index contributed by atoms with van der Waals surface area (Å²) in [6.45, 7) is 2.70. The number of hydrogen-bond donors (Lipinski definition) is 1. The number of amides is 1. The van der Waals surface area contributed by atoms with E-state index in [0.29, 0.717) is 11.9 Å². The molecule has 0 spiro atoms. The van der Waals surface area contributed by atoms with E-state index >= 15 is 0 Å². The van der Waals surface area contributed by atoms with Crippen LogP contribution in [0.3, 0.4) is 0 Å². The highest BCUT2D eigenvalue weighted by molar-refractivity contribution is 5.85. The number of aromatic nitrogens is 2. The summed E-state index contributed by atoms with van der Waals surface area (Å²) < 4.78 is 1.84. The van der Waals surface area contributed by atoms with Gasteiger partial charge >= 0.3 is 0 Å². The molecule has 0 radical (unpaired) electrons. The van der Waals surface area contributed by atoms with Gasteiger partial charge in [0.1, 0.15) is 0 Å². The van der Waals surface area contributed by atoms with E-state index in [1.807, 2.05) is 17.9 Å². The zero-order valence-electron chi connectivity index (χ0n) is 15.2. The van der Waals surface area contributed by atoms with Gasteiger partial charge in [0.05, 0.1) is 12.1 Å². The normalized spacial score (nSPS) is 27.1. The summed E-state index contributed by atoms with van der Waals surface area (Å²) in [4.78, 5) is 15.6. The van der Waals surface area contributed by atoms with Crippen molar-refractivity contribution in [1.82, 2.24) is 20.0 Å². The number of nitrogens with one attached hydrogen (secondary N) is 1. The minimum atomic E-state index is 0. The maximum absolute atomic E-state index is 13.3. The summed E-state index contributed by atoms with van der Waals surface area (Å²) in [5, 5.41) is 7.75. The van der Waals surface area contributed by atoms with Gasteiger partial charge in [0.2, 0.25) is 5.91 Å². The van der Waals surface area contributed by atoms with Crippen molar-refractivity contribution in [3.8, 4) is 0 Å². The van der Waals surface area contributed by atoms with Crippen molar-refractivity contribution in [1.29, 1.82) is 0 Å². The van der Waals surface area contributed by atoms with Gasteiger partial charge in [-0.15, -0.1) is 12.4 Å². The summed E-state index contributed by atoms with van der Waals surface area (Å²) in [6, 6.07) is 0.523. The van der Waals surface area contributed by atoms with Crippen molar-refractivity contribution in [2.45, 2.75) is 56.9 Å². The molecule has 0 bridgehead atoms. The third-order valence-electron chi connectivity index (χ3n) is 6.13. The number of hydrogen-bond acceptors (Lipinski definition) is 3. The van der Waals surface area contributed by atoms with Crippen LogP contribution in [0.5, 0.6) is 0 Å². The molecule has 2 saturated carbocycles. The lowest BCUT2D eigenvalue weighted by Gasteiger charge is -2.32. The third-order valence-corrected chi connectivity index (χ3v) is 6.13. The van der Waals surface area contributed by atoms with Gasteiger partial charge in [-0.25, -0.2) is 0 Å². The second-order valence-corrected chi connectivity index (χ2v) is 8.04. The van der Waals surface area contributed by atoms with Crippen LogP contribution in [-0.2, 0) is 11.8 Å². The van der Waals surface area contributed by atoms with E-state index in [4.69, 9.17) is 0 Å². The van der Waals surface area contributed by atoms with Gasteiger partial charge in [-0.1, -0.05) is 19.3 Å². The van der Waals surface area contributed by atoms with E-state index in [9.17, 15) is 4.79 Å². The van der Waals surface area contributed by atoms with Gasteiger partial charge < -0.3 is 10.2 Å². The average Bonchev–Trinajstić information content (AvgIpc) is 3.15. The summed E-state index contributed by atoms with van der Waals surface area (Å²) in [5.41, 5.74) is 1.20. The van der Waals surface area contributed by atoms with Gasteiger partial charge in [0.25, 0.3) is 0 Å². The molecule has 5 nitrogen and oxygen atoms in total. The molecule has 0 unspecified atom stereocenters. The highest BCUT2D eigenvalue weighted by atomic mass is 35.5. The number of aryl methyl sites for hydroxylation is 1. The Hall–Kier alpha value is -1.07. The first-order chi connectivity index (χ1) is 11.7. The summed E-state index contributed by atoms with van der Waals surface area (Å²) in [5.74, 6) is 1.48. The van der Waals surface area contributed by atoms with Crippen molar-refractivity contribution < 1.29 is 4.79 Å². The molecule has 0 aromatic carbocycles. The zero-order chi connectivity index (χ0) is 16.5. The molecule has 4 rings (SSSR count). The lowest BCUT2D eigenvalue weighted by atomic mass is 9.87. The summed E-state index contributed by atoms with van der Waals surface area (Å²) in [6.07, 6.45) is 13.1. The van der Waals surface area contributed by atoms with Gasteiger partial charge in [0.15, 0.2) is 0 Å². The Balaban J connectivity index is 0.00000182. The fourth-order valence-corrected chi connectivity index (χ4v) is 4.59. The van der Waals surface area contributed by atoms with Crippen LogP contribution in [0.4, 0.5) is 0 Å². The highest BCUT2D eigenvalue weighted by Crippen LogP contribution is 2.36. The number of carbonyl (C=O) groups excluding carboxylic acids is 1. The minimum absolute atomic E-state index is 0. The van der Waals surface area contributed by atoms with Crippen LogP contribution in [0.1, 0.15) is 56.4 Å². The molecule has 1 aromatic heterocycles. The Morgan fingerprint density at radius 1 is 1.24 bits per heavy atom. The van der Waals surface area contributed by atoms with E-state index in [2.05, 4.69) is 21.5 Å². The smallest absolute Gasteiger partial charge is 0.227 e. The number of halogens is 1. The van der Waals surface area contributed by atoms with Gasteiger partial charge in [0, 0.05) is 44.8 Å². The Morgan fingerprint density at radius 2 is 2.00 bits per heavy atom. The first kappa shape index (κ1) is 18.7. The maximum Gasteiger partial charge on any atom is 0.227 e. The minimum Gasteiger partial charge on any atom is -0.339 e. The fraction of sp³-hybridized carbons (Fsp3) is 0.789. The van der Waals surface area contributed by atoms with Crippen molar-refractivity contribution in [3.05, 3.63) is 18.0 Å². The monoisotopic (exact) mass is 366 g/mol. The Labute approximate surface area is 156 Å². The predicted octanol–water partition coefficient (Wildman–Crippen LogP) is 2.72. The molecule has 6 heteroatoms. The fourth-order valence-electron chi connectivity index (χ4n) is 4.59. The van der Waals surface area contributed by atoms with Crippen LogP contribution in [0.25, 0.3) is 0 Å². The molecule has 3 fully saturated rings. The molecule has 1 aromatic rings. The Kier molecular flexibility index (Phi) is 6.05. The zero-order valence-corrected chi connectivity index (χ0v) is 16.0. The van der Waals surface area contributed by atoms with Gasteiger partial charge in [-0.3, -0.25) is 9.48 Å². The molecule has 1 amide bonds. The van der Waals surface area contributed by atoms with Crippen LogP contribution < -0.4 is 5.32 Å². The SMILES string of the molecule is Cl.Cn1cc([C@H]2CNC[C@@H]2C(=O)N(CC2CCCCC2)C2CC2)cn1. The molecule has 3 aliphatic rings. The molecular weight excluding hydrogens is 336 g/mol. The van der Waals surface area contributed by atoms with Gasteiger partial charge in [-0.2, -0.15) is 5.10 Å². The maximum atomic E-state index is 13.3. The van der Waals surface area contributed by atoms with Crippen LogP contribution in [-0.4, -0.2) is 46.3 Å². The molecule has 25 heavy (non-hydrogen) atoms. The van der Waals surface area contributed by atoms with E-state index < -0.39 is 0 Å². The van der Waals surface area contributed by atoms with E-state index in [0.717, 1.165) is 25.6 Å². The molecule has 2 aliphatic carbocycles. The van der Waals surface area contributed by atoms with E-state index in [-0.39, 0.29) is 24.2 Å². The van der Waals surface area contributed by atoms with E-state index in [1.54, 1.807) is 0 Å². The third kappa shape index (κ3) is 4.20. The molecule has 1 aliphatic heterocycles. The molecule has 1 N–H and O–H groups in total. The van der Waals surface area contributed by atoms with E-state index in [1.165, 1.54) is 50.5 Å². The average molecular weight is 367 g/mol. The molecular formula is C19H31ClN4O. The van der Waals surface area contributed by atoms with Crippen LogP contribution >= 0.6 is 12.4 Å². The van der Waals surface area contributed by atoms with Crippen LogP contribution in [0.2, 0.25) is 0 Å². The second-order valence-electron chi connectivity index (χ2n) is 8.04. The lowest BCUT2D eigenvalue weighted by Crippen LogP contribution is -2.43. The predicted molar refractivity (Wildman–Crippen MR) is 101 cm³/mol. The standard InChI is InChI=1S/C19H30N4O.ClH/c1-22-13-15(9-21-22)17-10-20-11-18(17)19(24)23(16-7-8-16)12-14-5-3-2-4-6-14;/h9,13-14,16-18,20H,2-8,10-12H2,1H3;1H/t17-,18+;/m1./s1. The quantitative estimate of drug-likeness (QED) is 0.871. The largest absolute Gasteiger partial charge is 0.339 e. The molecule has 2 atom stereocenters. The number of rotatable bonds is 5. The van der Waals surface area contributed by atoms with Crippen molar-refractivity contribution in [2.24, 2.45) is 18.9 Å². The Bertz CT molecular complexity index is 580. The van der Waals surface area contributed by atoms with Crippen LogP contribution in [0.15, 0.2) is 12.4 Å². The Morgan fingerprint density at radius 3 is 2.64 bits per heavy atom.